The highest BCUT2D eigenvalue weighted by molar-refractivity contribution is 5.67. The minimum absolute atomic E-state index is 0.307. The number of hydrogen-bond donors (Lipinski definition) is 2. The van der Waals surface area contributed by atoms with Crippen LogP contribution < -0.4 is 5.32 Å². The maximum absolute atomic E-state index is 10.8. The zero-order valence-corrected chi connectivity index (χ0v) is 10.4. The van der Waals surface area contributed by atoms with Crippen LogP contribution in [0.2, 0.25) is 0 Å². The van der Waals surface area contributed by atoms with Gasteiger partial charge < -0.3 is 15.3 Å². The average molecular weight is 228 g/mol. The fraction of sp³-hybridized carbons (Fsp3) is 0.917. The van der Waals surface area contributed by atoms with Crippen molar-refractivity contribution >= 4 is 5.97 Å². The topological polar surface area (TPSA) is 52.6 Å². The van der Waals surface area contributed by atoms with E-state index in [9.17, 15) is 4.79 Å². The zero-order valence-electron chi connectivity index (χ0n) is 10.4. The first-order valence-corrected chi connectivity index (χ1v) is 6.33. The summed E-state index contributed by atoms with van der Waals surface area (Å²) in [5, 5.41) is 12.3. The molecule has 2 atom stereocenters. The van der Waals surface area contributed by atoms with Gasteiger partial charge in [-0.25, -0.2) is 0 Å². The van der Waals surface area contributed by atoms with Crippen molar-refractivity contribution in [2.75, 3.05) is 26.2 Å². The maximum atomic E-state index is 10.8. The maximum Gasteiger partial charge on any atom is 0.303 e. The van der Waals surface area contributed by atoms with E-state index in [2.05, 4.69) is 24.1 Å². The number of piperidine rings is 1. The van der Waals surface area contributed by atoms with Crippen molar-refractivity contribution < 1.29 is 9.90 Å². The standard InChI is InChI=1S/C12H24N2O2/c1-3-5-14-8-10(7-12(15)16)6-11(9-14)13-4-2/h10-11,13H,3-9H2,1-2H3,(H,15,16). The Hall–Kier alpha value is -0.610. The van der Waals surface area contributed by atoms with Crippen LogP contribution in [0, 0.1) is 5.92 Å². The predicted octanol–water partition coefficient (Wildman–Crippen LogP) is 1.17. The van der Waals surface area contributed by atoms with Crippen LogP contribution in [-0.4, -0.2) is 48.2 Å². The molecular weight excluding hydrogens is 204 g/mol. The first-order chi connectivity index (χ1) is 7.65. The molecule has 1 rings (SSSR count). The molecule has 1 saturated heterocycles. The lowest BCUT2D eigenvalue weighted by molar-refractivity contribution is -0.138. The summed E-state index contributed by atoms with van der Waals surface area (Å²) in [5.74, 6) is -0.361. The molecule has 0 aromatic rings. The van der Waals surface area contributed by atoms with Crippen LogP contribution in [-0.2, 0) is 4.79 Å². The van der Waals surface area contributed by atoms with Crippen molar-refractivity contribution in [2.45, 2.75) is 39.2 Å². The molecule has 2 N–H and O–H groups in total. The predicted molar refractivity (Wildman–Crippen MR) is 64.6 cm³/mol. The third-order valence-corrected chi connectivity index (χ3v) is 3.11. The first kappa shape index (κ1) is 13.5. The van der Waals surface area contributed by atoms with Crippen LogP contribution in [0.15, 0.2) is 0 Å². The smallest absolute Gasteiger partial charge is 0.303 e. The van der Waals surface area contributed by atoms with Gasteiger partial charge in [-0.1, -0.05) is 13.8 Å². The molecule has 1 fully saturated rings. The second-order valence-corrected chi connectivity index (χ2v) is 4.71. The second kappa shape index (κ2) is 6.86. The lowest BCUT2D eigenvalue weighted by Gasteiger charge is -2.37. The van der Waals surface area contributed by atoms with Gasteiger partial charge in [0.25, 0.3) is 0 Å². The molecule has 1 aliphatic heterocycles. The van der Waals surface area contributed by atoms with Crippen LogP contribution >= 0.6 is 0 Å². The number of nitrogens with one attached hydrogen (secondary N) is 1. The Morgan fingerprint density at radius 3 is 2.75 bits per heavy atom. The van der Waals surface area contributed by atoms with Gasteiger partial charge in [-0.2, -0.15) is 0 Å². The molecule has 0 saturated carbocycles. The molecule has 0 aromatic carbocycles. The number of rotatable bonds is 6. The van der Waals surface area contributed by atoms with Gasteiger partial charge >= 0.3 is 5.97 Å². The molecule has 2 unspecified atom stereocenters. The van der Waals surface area contributed by atoms with Gasteiger partial charge in [0.05, 0.1) is 0 Å². The zero-order chi connectivity index (χ0) is 12.0. The molecular formula is C12H24N2O2. The SMILES string of the molecule is CCCN1CC(CC(=O)O)CC(NCC)C1. The lowest BCUT2D eigenvalue weighted by Crippen LogP contribution is -2.49. The highest BCUT2D eigenvalue weighted by Gasteiger charge is 2.27. The summed E-state index contributed by atoms with van der Waals surface area (Å²) in [6.07, 6.45) is 2.45. The summed E-state index contributed by atoms with van der Waals surface area (Å²) in [6, 6.07) is 0.467. The molecule has 0 radical (unpaired) electrons. The normalized spacial score (nSPS) is 26.9. The number of hydrogen-bond acceptors (Lipinski definition) is 3. The average Bonchev–Trinajstić information content (AvgIpc) is 2.17. The Morgan fingerprint density at radius 1 is 1.44 bits per heavy atom. The number of carbonyl (C=O) groups is 1. The number of likely N-dealkylation sites (N-methyl/N-ethyl adjacent to an activating group) is 1. The van der Waals surface area contributed by atoms with Crippen LogP contribution in [0.25, 0.3) is 0 Å². The van der Waals surface area contributed by atoms with E-state index in [-0.39, 0.29) is 0 Å². The summed E-state index contributed by atoms with van der Waals surface area (Å²) in [7, 11) is 0. The van der Waals surface area contributed by atoms with Crippen molar-refractivity contribution in [3.05, 3.63) is 0 Å². The van der Waals surface area contributed by atoms with E-state index in [0.29, 0.717) is 18.4 Å². The van der Waals surface area contributed by atoms with Crippen LogP contribution in [0.5, 0.6) is 0 Å². The van der Waals surface area contributed by atoms with Crippen molar-refractivity contribution in [1.82, 2.24) is 10.2 Å². The quantitative estimate of drug-likeness (QED) is 0.716. The molecule has 1 aliphatic rings. The number of likely N-dealkylation sites (tertiary alicyclic amines) is 1. The fourth-order valence-electron chi connectivity index (χ4n) is 2.63. The number of carboxylic acid groups (broad SMARTS) is 1. The summed E-state index contributed by atoms with van der Waals surface area (Å²) in [4.78, 5) is 13.2. The highest BCUT2D eigenvalue weighted by atomic mass is 16.4. The molecule has 4 nitrogen and oxygen atoms in total. The van der Waals surface area contributed by atoms with Crippen LogP contribution in [0.3, 0.4) is 0 Å². The van der Waals surface area contributed by atoms with E-state index >= 15 is 0 Å². The lowest BCUT2D eigenvalue weighted by atomic mass is 9.91. The van der Waals surface area contributed by atoms with E-state index in [1.54, 1.807) is 0 Å². The molecule has 0 bridgehead atoms. The summed E-state index contributed by atoms with van der Waals surface area (Å²) in [5.41, 5.74) is 0. The monoisotopic (exact) mass is 228 g/mol. The highest BCUT2D eigenvalue weighted by Crippen LogP contribution is 2.20. The van der Waals surface area contributed by atoms with E-state index in [1.165, 1.54) is 0 Å². The van der Waals surface area contributed by atoms with E-state index in [0.717, 1.165) is 39.0 Å². The van der Waals surface area contributed by atoms with Gasteiger partial charge in [-0.3, -0.25) is 4.79 Å². The molecule has 0 spiro atoms. The molecule has 0 aliphatic carbocycles. The van der Waals surface area contributed by atoms with Crippen molar-refractivity contribution in [3.63, 3.8) is 0 Å². The largest absolute Gasteiger partial charge is 0.481 e. The Bertz CT molecular complexity index is 207. The van der Waals surface area contributed by atoms with Gasteiger partial charge in [-0.15, -0.1) is 0 Å². The molecule has 94 valence electrons. The van der Waals surface area contributed by atoms with Crippen LogP contribution in [0.1, 0.15) is 33.1 Å². The molecule has 4 heteroatoms. The number of nitrogens with zero attached hydrogens (tertiary/aromatic N) is 1. The Morgan fingerprint density at radius 2 is 2.19 bits per heavy atom. The van der Waals surface area contributed by atoms with Crippen LogP contribution in [0.4, 0.5) is 0 Å². The van der Waals surface area contributed by atoms with E-state index in [1.807, 2.05) is 0 Å². The van der Waals surface area contributed by atoms with Gasteiger partial charge in [-0.05, 0) is 31.8 Å². The first-order valence-electron chi connectivity index (χ1n) is 6.33. The number of aliphatic carboxylic acids is 1. The van der Waals surface area contributed by atoms with Crippen molar-refractivity contribution in [3.8, 4) is 0 Å². The third kappa shape index (κ3) is 4.49. The van der Waals surface area contributed by atoms with E-state index in [4.69, 9.17) is 5.11 Å². The van der Waals surface area contributed by atoms with Crippen molar-refractivity contribution in [2.24, 2.45) is 5.92 Å². The van der Waals surface area contributed by atoms with Gasteiger partial charge in [0, 0.05) is 25.6 Å². The van der Waals surface area contributed by atoms with Crippen molar-refractivity contribution in [1.29, 1.82) is 0 Å². The minimum atomic E-state index is -0.668. The van der Waals surface area contributed by atoms with Gasteiger partial charge in [0.15, 0.2) is 0 Å². The van der Waals surface area contributed by atoms with Gasteiger partial charge in [0.2, 0.25) is 0 Å². The Balaban J connectivity index is 2.48. The molecule has 0 aromatic heterocycles. The summed E-state index contributed by atoms with van der Waals surface area (Å²) in [6.45, 7) is 8.33. The Kier molecular flexibility index (Phi) is 5.77. The minimum Gasteiger partial charge on any atom is -0.481 e. The summed E-state index contributed by atoms with van der Waals surface area (Å²) < 4.78 is 0. The fourth-order valence-corrected chi connectivity index (χ4v) is 2.63. The van der Waals surface area contributed by atoms with E-state index < -0.39 is 5.97 Å². The molecule has 16 heavy (non-hydrogen) atoms. The third-order valence-electron chi connectivity index (χ3n) is 3.11. The summed E-state index contributed by atoms with van der Waals surface area (Å²) >= 11 is 0. The second-order valence-electron chi connectivity index (χ2n) is 4.71. The Labute approximate surface area is 98.0 Å². The molecule has 0 amide bonds. The molecule has 1 heterocycles. The van der Waals surface area contributed by atoms with Gasteiger partial charge in [0.1, 0.15) is 0 Å². The number of carboxylic acids is 1.